The van der Waals surface area contributed by atoms with Crippen molar-refractivity contribution < 1.29 is 4.42 Å². The fourth-order valence-electron chi connectivity index (χ4n) is 1.72. The summed E-state index contributed by atoms with van der Waals surface area (Å²) in [6, 6.07) is 7.99. The van der Waals surface area contributed by atoms with Gasteiger partial charge in [-0.3, -0.25) is 5.10 Å². The summed E-state index contributed by atoms with van der Waals surface area (Å²) in [6.45, 7) is 0.632. The Morgan fingerprint density at radius 1 is 1.28 bits per heavy atom. The fourth-order valence-corrected chi connectivity index (χ4v) is 2.38. The second kappa shape index (κ2) is 4.78. The number of benzene rings is 1. The number of nitrogens with one attached hydrogen (secondary N) is 2. The van der Waals surface area contributed by atoms with Crippen molar-refractivity contribution in [3.05, 3.63) is 45.4 Å². The largest absolute Gasteiger partial charge is 0.451 e. The van der Waals surface area contributed by atoms with Gasteiger partial charge >= 0.3 is 0 Å². The van der Waals surface area contributed by atoms with E-state index in [2.05, 4.69) is 47.4 Å². The Morgan fingerprint density at radius 2 is 2.17 bits per heavy atom. The minimum atomic E-state index is 0.632. The highest BCUT2D eigenvalue weighted by molar-refractivity contribution is 9.13. The van der Waals surface area contributed by atoms with Crippen molar-refractivity contribution in [3.63, 3.8) is 0 Å². The number of halogens is 2. The van der Waals surface area contributed by atoms with Crippen LogP contribution in [0.1, 0.15) is 5.76 Å². The Hall–Kier alpha value is -1.27. The molecule has 0 aliphatic heterocycles. The number of hydrogen-bond donors (Lipinski definition) is 2. The van der Waals surface area contributed by atoms with E-state index in [4.69, 9.17) is 4.42 Å². The van der Waals surface area contributed by atoms with Gasteiger partial charge in [0.05, 0.1) is 22.7 Å². The predicted molar refractivity (Wildman–Crippen MR) is 77.5 cm³/mol. The van der Waals surface area contributed by atoms with E-state index in [1.165, 1.54) is 0 Å². The van der Waals surface area contributed by atoms with E-state index in [0.29, 0.717) is 11.2 Å². The van der Waals surface area contributed by atoms with Gasteiger partial charge in [-0.25, -0.2) is 0 Å². The van der Waals surface area contributed by atoms with Crippen LogP contribution in [-0.2, 0) is 6.54 Å². The second-order valence-electron chi connectivity index (χ2n) is 3.86. The molecule has 2 N–H and O–H groups in total. The summed E-state index contributed by atoms with van der Waals surface area (Å²) >= 11 is 6.70. The summed E-state index contributed by atoms with van der Waals surface area (Å²) in [4.78, 5) is 0. The molecule has 0 spiro atoms. The lowest BCUT2D eigenvalue weighted by Crippen LogP contribution is -1.97. The molecule has 0 saturated carbocycles. The third-order valence-corrected chi connectivity index (χ3v) is 4.31. The Bertz CT molecular complexity index is 670. The van der Waals surface area contributed by atoms with Crippen molar-refractivity contribution in [2.45, 2.75) is 6.54 Å². The number of H-pyrrole nitrogens is 1. The maximum Gasteiger partial charge on any atom is 0.183 e. The summed E-state index contributed by atoms with van der Waals surface area (Å²) in [5, 5.41) is 11.3. The number of hydrogen-bond acceptors (Lipinski definition) is 3. The maximum absolute atomic E-state index is 5.50. The number of fused-ring (bicyclic) bond motifs is 1. The standard InChI is InChI=1S/C12H9Br2N3O/c13-10-4-9(18-12(10)14)6-15-8-1-2-11-7(3-8)5-16-17-11/h1-5,15H,6H2,(H,16,17). The van der Waals surface area contributed by atoms with Crippen LogP contribution in [0.2, 0.25) is 0 Å². The SMILES string of the molecule is Brc1cc(CNc2ccc3[nH]ncc3c2)oc1Br. The molecule has 2 heterocycles. The van der Waals surface area contributed by atoms with Crippen LogP contribution in [-0.4, -0.2) is 10.2 Å². The van der Waals surface area contributed by atoms with Gasteiger partial charge < -0.3 is 9.73 Å². The number of anilines is 1. The molecule has 0 bridgehead atoms. The molecule has 0 unspecified atom stereocenters. The van der Waals surface area contributed by atoms with Crippen molar-refractivity contribution in [1.82, 2.24) is 10.2 Å². The van der Waals surface area contributed by atoms with E-state index in [1.807, 2.05) is 24.3 Å². The predicted octanol–water partition coefficient (Wildman–Crippen LogP) is 4.29. The van der Waals surface area contributed by atoms with Gasteiger partial charge in [-0.05, 0) is 56.1 Å². The second-order valence-corrected chi connectivity index (χ2v) is 5.43. The highest BCUT2D eigenvalue weighted by Gasteiger charge is 2.06. The maximum atomic E-state index is 5.50. The zero-order valence-electron chi connectivity index (χ0n) is 9.21. The summed E-state index contributed by atoms with van der Waals surface area (Å²) < 4.78 is 7.13. The molecular weight excluding hydrogens is 362 g/mol. The molecule has 4 nitrogen and oxygen atoms in total. The molecule has 0 atom stereocenters. The first kappa shape index (κ1) is 11.8. The molecular formula is C12H9Br2N3O. The van der Waals surface area contributed by atoms with E-state index in [9.17, 15) is 0 Å². The van der Waals surface area contributed by atoms with Gasteiger partial charge in [-0.15, -0.1) is 0 Å². The molecule has 18 heavy (non-hydrogen) atoms. The Kier molecular flexibility index (Phi) is 3.13. The highest BCUT2D eigenvalue weighted by Crippen LogP contribution is 2.27. The molecule has 0 amide bonds. The average molecular weight is 371 g/mol. The summed E-state index contributed by atoms with van der Waals surface area (Å²) in [5.41, 5.74) is 2.07. The third-order valence-electron chi connectivity index (χ3n) is 2.60. The first-order chi connectivity index (χ1) is 8.72. The first-order valence-electron chi connectivity index (χ1n) is 5.33. The van der Waals surface area contributed by atoms with Crippen LogP contribution in [0.25, 0.3) is 10.9 Å². The molecule has 1 aromatic carbocycles. The van der Waals surface area contributed by atoms with Gasteiger partial charge in [-0.2, -0.15) is 5.10 Å². The number of furan rings is 1. The molecule has 3 rings (SSSR count). The quantitative estimate of drug-likeness (QED) is 0.722. The molecule has 0 radical (unpaired) electrons. The summed E-state index contributed by atoms with van der Waals surface area (Å²) in [5.74, 6) is 0.862. The van der Waals surface area contributed by atoms with E-state index >= 15 is 0 Å². The van der Waals surface area contributed by atoms with Gasteiger partial charge in [0.2, 0.25) is 0 Å². The van der Waals surface area contributed by atoms with Crippen molar-refractivity contribution in [1.29, 1.82) is 0 Å². The molecule has 3 aromatic rings. The molecule has 92 valence electrons. The number of nitrogens with zero attached hydrogens (tertiary/aromatic N) is 1. The number of rotatable bonds is 3. The molecule has 0 saturated heterocycles. The normalized spacial score (nSPS) is 11.0. The summed E-state index contributed by atoms with van der Waals surface area (Å²) in [6.07, 6.45) is 1.81. The third kappa shape index (κ3) is 2.30. The molecule has 2 aromatic heterocycles. The van der Waals surface area contributed by atoms with E-state index < -0.39 is 0 Å². The van der Waals surface area contributed by atoms with E-state index in [1.54, 1.807) is 6.20 Å². The highest BCUT2D eigenvalue weighted by atomic mass is 79.9. The number of aromatic amines is 1. The smallest absolute Gasteiger partial charge is 0.183 e. The molecule has 6 heteroatoms. The van der Waals surface area contributed by atoms with Crippen LogP contribution in [0.4, 0.5) is 5.69 Å². The first-order valence-corrected chi connectivity index (χ1v) is 6.92. The van der Waals surface area contributed by atoms with Gasteiger partial charge in [-0.1, -0.05) is 0 Å². The van der Waals surface area contributed by atoms with Crippen LogP contribution >= 0.6 is 31.9 Å². The molecule has 0 fully saturated rings. The minimum absolute atomic E-state index is 0.632. The van der Waals surface area contributed by atoms with Crippen molar-refractivity contribution in [3.8, 4) is 0 Å². The van der Waals surface area contributed by atoms with Crippen LogP contribution in [0.3, 0.4) is 0 Å². The zero-order valence-corrected chi connectivity index (χ0v) is 12.4. The lowest BCUT2D eigenvalue weighted by atomic mass is 10.2. The average Bonchev–Trinajstić information content (AvgIpc) is 2.94. The van der Waals surface area contributed by atoms with Gasteiger partial charge in [0.25, 0.3) is 0 Å². The van der Waals surface area contributed by atoms with Crippen molar-refractivity contribution in [2.24, 2.45) is 0 Å². The topological polar surface area (TPSA) is 53.9 Å². The van der Waals surface area contributed by atoms with E-state index in [-0.39, 0.29) is 0 Å². The monoisotopic (exact) mass is 369 g/mol. The van der Waals surface area contributed by atoms with Crippen LogP contribution in [0, 0.1) is 0 Å². The van der Waals surface area contributed by atoms with Gasteiger partial charge in [0.15, 0.2) is 4.67 Å². The molecule has 0 aliphatic carbocycles. The lowest BCUT2D eigenvalue weighted by molar-refractivity contribution is 0.494. The Labute approximate surface area is 120 Å². The van der Waals surface area contributed by atoms with Gasteiger partial charge in [0.1, 0.15) is 5.76 Å². The lowest BCUT2D eigenvalue weighted by Gasteiger charge is -2.03. The molecule has 0 aliphatic rings. The van der Waals surface area contributed by atoms with Gasteiger partial charge in [0, 0.05) is 11.1 Å². The Balaban J connectivity index is 1.76. The van der Waals surface area contributed by atoms with Crippen LogP contribution in [0.5, 0.6) is 0 Å². The van der Waals surface area contributed by atoms with Crippen molar-refractivity contribution >= 4 is 48.5 Å². The Morgan fingerprint density at radius 3 is 2.94 bits per heavy atom. The van der Waals surface area contributed by atoms with Crippen molar-refractivity contribution in [2.75, 3.05) is 5.32 Å². The van der Waals surface area contributed by atoms with E-state index in [0.717, 1.165) is 26.8 Å². The summed E-state index contributed by atoms with van der Waals surface area (Å²) in [7, 11) is 0. The minimum Gasteiger partial charge on any atom is -0.451 e. The fraction of sp³-hybridized carbons (Fsp3) is 0.0833. The van der Waals surface area contributed by atoms with Crippen LogP contribution in [0.15, 0.2) is 44.0 Å². The number of aromatic nitrogens is 2. The van der Waals surface area contributed by atoms with Crippen LogP contribution < -0.4 is 5.32 Å². The zero-order chi connectivity index (χ0) is 12.5.